The number of rotatable bonds is 0. The monoisotopic (exact) mass is 528 g/mol. The molecule has 4 aliphatic rings. The molecule has 0 saturated heterocycles. The van der Waals surface area contributed by atoms with Crippen molar-refractivity contribution in [3.63, 3.8) is 0 Å². The summed E-state index contributed by atoms with van der Waals surface area (Å²) in [6, 6.07) is 35.0. The molecule has 0 aromatic heterocycles. The van der Waals surface area contributed by atoms with Crippen LogP contribution in [0.4, 0.5) is 34.1 Å². The van der Waals surface area contributed by atoms with E-state index in [1.807, 2.05) is 0 Å². The van der Waals surface area contributed by atoms with Gasteiger partial charge in [-0.3, -0.25) is 0 Å². The Hall–Kier alpha value is -4.24. The van der Waals surface area contributed by atoms with Gasteiger partial charge < -0.3 is 9.80 Å². The van der Waals surface area contributed by atoms with Crippen molar-refractivity contribution in [2.24, 2.45) is 0 Å². The summed E-state index contributed by atoms with van der Waals surface area (Å²) in [4.78, 5) is 5.20. The molecule has 0 aliphatic carbocycles. The molecular weight excluding hydrogens is 495 g/mol. The molecule has 3 heteroatoms. The van der Waals surface area contributed by atoms with Crippen LogP contribution in [0, 0.1) is 13.8 Å². The Balaban J connectivity index is 1.53. The standard InChI is InChI=1S/C38H33BN2/c1-22-15-17-32-28(19-22)39-29-20-23(2)16-18-33(29)41-31-14-10-8-12-25(31)38(5,6)27-21-26-35(34(39)36(27)41)40(32)30-13-9-7-11-24(30)37(26,3)4/h7-21H,1-6H3. The highest BCUT2D eigenvalue weighted by Gasteiger charge is 2.52. The van der Waals surface area contributed by atoms with Crippen LogP contribution in [0.3, 0.4) is 0 Å². The average Bonchev–Trinajstić information content (AvgIpc) is 2.96. The van der Waals surface area contributed by atoms with Crippen LogP contribution in [0.5, 0.6) is 0 Å². The van der Waals surface area contributed by atoms with Gasteiger partial charge >= 0.3 is 0 Å². The van der Waals surface area contributed by atoms with Gasteiger partial charge in [-0.2, -0.15) is 0 Å². The van der Waals surface area contributed by atoms with Crippen molar-refractivity contribution in [2.75, 3.05) is 9.80 Å². The lowest BCUT2D eigenvalue weighted by molar-refractivity contribution is 0.609. The molecule has 9 rings (SSSR count). The van der Waals surface area contributed by atoms with E-state index in [0.29, 0.717) is 0 Å². The first kappa shape index (κ1) is 23.5. The molecular formula is C38H33BN2. The van der Waals surface area contributed by atoms with E-state index in [9.17, 15) is 0 Å². The SMILES string of the molecule is Cc1ccc2c(c1)B1c3cc(C)ccc3N3c4ccccc4C(C)(C)c4cc5c(c1c43)N2c1ccccc1C5(C)C. The largest absolute Gasteiger partial charge is 0.311 e. The summed E-state index contributed by atoms with van der Waals surface area (Å²) in [5.74, 6) is 0. The van der Waals surface area contributed by atoms with E-state index in [0.717, 1.165) is 0 Å². The highest BCUT2D eigenvalue weighted by atomic mass is 15.2. The Labute approximate surface area is 243 Å². The summed E-state index contributed by atoms with van der Waals surface area (Å²) in [5.41, 5.74) is 20.3. The normalized spacial score (nSPS) is 17.3. The molecule has 0 amide bonds. The predicted molar refractivity (Wildman–Crippen MR) is 174 cm³/mol. The van der Waals surface area contributed by atoms with Crippen LogP contribution in [-0.2, 0) is 10.8 Å². The molecule has 0 N–H and O–H groups in total. The third-order valence-corrected chi connectivity index (χ3v) is 10.5. The minimum Gasteiger partial charge on any atom is -0.311 e. The van der Waals surface area contributed by atoms with E-state index in [4.69, 9.17) is 0 Å². The van der Waals surface area contributed by atoms with Gasteiger partial charge in [-0.25, -0.2) is 0 Å². The minimum absolute atomic E-state index is 0.133. The van der Waals surface area contributed by atoms with Gasteiger partial charge in [0, 0.05) is 33.6 Å². The third-order valence-electron chi connectivity index (χ3n) is 10.5. The highest BCUT2D eigenvalue weighted by Crippen LogP contribution is 2.59. The molecule has 0 unspecified atom stereocenters. The summed E-state index contributed by atoms with van der Waals surface area (Å²) in [5, 5.41) is 0. The molecule has 0 spiro atoms. The Morgan fingerprint density at radius 3 is 1.39 bits per heavy atom. The molecule has 4 aliphatic heterocycles. The summed E-state index contributed by atoms with van der Waals surface area (Å²) in [6.07, 6.45) is 0. The summed E-state index contributed by atoms with van der Waals surface area (Å²) in [6.45, 7) is 14.4. The van der Waals surface area contributed by atoms with Crippen molar-refractivity contribution in [1.29, 1.82) is 0 Å². The first-order chi connectivity index (χ1) is 19.7. The lowest BCUT2D eigenvalue weighted by Gasteiger charge is -2.53. The quantitative estimate of drug-likeness (QED) is 0.187. The molecule has 0 atom stereocenters. The van der Waals surface area contributed by atoms with Crippen LogP contribution < -0.4 is 26.2 Å². The summed E-state index contributed by atoms with van der Waals surface area (Å²) >= 11 is 0. The maximum Gasteiger partial charge on any atom is 0.252 e. The predicted octanol–water partition coefficient (Wildman–Crippen LogP) is 7.66. The van der Waals surface area contributed by atoms with Crippen molar-refractivity contribution in [3.8, 4) is 0 Å². The molecule has 0 radical (unpaired) electrons. The molecule has 41 heavy (non-hydrogen) atoms. The van der Waals surface area contributed by atoms with E-state index in [2.05, 4.69) is 142 Å². The Bertz CT molecular complexity index is 1860. The van der Waals surface area contributed by atoms with Gasteiger partial charge in [0.1, 0.15) is 0 Å². The van der Waals surface area contributed by atoms with E-state index in [1.165, 1.54) is 83.9 Å². The van der Waals surface area contributed by atoms with Crippen LogP contribution >= 0.6 is 0 Å². The minimum atomic E-state index is -0.133. The number of para-hydroxylation sites is 2. The Kier molecular flexibility index (Phi) is 4.20. The van der Waals surface area contributed by atoms with E-state index < -0.39 is 0 Å². The van der Waals surface area contributed by atoms with Crippen LogP contribution in [-0.4, -0.2) is 6.71 Å². The zero-order valence-corrected chi connectivity index (χ0v) is 24.6. The second-order valence-electron chi connectivity index (χ2n) is 13.6. The number of nitrogens with zero attached hydrogens (tertiary/aromatic N) is 2. The van der Waals surface area contributed by atoms with Gasteiger partial charge in [-0.1, -0.05) is 99.5 Å². The van der Waals surface area contributed by atoms with Crippen molar-refractivity contribution in [2.45, 2.75) is 52.4 Å². The topological polar surface area (TPSA) is 6.48 Å². The second kappa shape index (κ2) is 7.34. The Morgan fingerprint density at radius 1 is 0.488 bits per heavy atom. The van der Waals surface area contributed by atoms with E-state index in [-0.39, 0.29) is 17.5 Å². The molecule has 198 valence electrons. The van der Waals surface area contributed by atoms with Crippen LogP contribution in [0.25, 0.3) is 0 Å². The fourth-order valence-electron chi connectivity index (χ4n) is 8.51. The van der Waals surface area contributed by atoms with Gasteiger partial charge in [0.25, 0.3) is 6.71 Å². The first-order valence-corrected chi connectivity index (χ1v) is 14.9. The zero-order valence-electron chi connectivity index (χ0n) is 24.6. The number of fused-ring (bicyclic) bond motifs is 10. The second-order valence-corrected chi connectivity index (χ2v) is 13.6. The number of aryl methyl sites for hydroxylation is 2. The van der Waals surface area contributed by atoms with Crippen LogP contribution in [0.1, 0.15) is 61.1 Å². The highest BCUT2D eigenvalue weighted by molar-refractivity contribution is 7.00. The van der Waals surface area contributed by atoms with Gasteiger partial charge in [-0.15, -0.1) is 0 Å². The maximum absolute atomic E-state index is 2.60. The average molecular weight is 529 g/mol. The van der Waals surface area contributed by atoms with Crippen molar-refractivity contribution in [1.82, 2.24) is 0 Å². The molecule has 5 aromatic rings. The zero-order chi connectivity index (χ0) is 28.0. The number of anilines is 6. The summed E-state index contributed by atoms with van der Waals surface area (Å²) in [7, 11) is 0. The van der Waals surface area contributed by atoms with Crippen LogP contribution in [0.15, 0.2) is 91.0 Å². The van der Waals surface area contributed by atoms with Gasteiger partial charge in [0.05, 0.1) is 11.4 Å². The van der Waals surface area contributed by atoms with Gasteiger partial charge in [0.2, 0.25) is 0 Å². The van der Waals surface area contributed by atoms with Gasteiger partial charge in [-0.05, 0) is 82.8 Å². The van der Waals surface area contributed by atoms with Crippen molar-refractivity contribution in [3.05, 3.63) is 124 Å². The molecule has 4 heterocycles. The molecule has 5 aromatic carbocycles. The lowest BCUT2D eigenvalue weighted by atomic mass is 9.32. The van der Waals surface area contributed by atoms with E-state index >= 15 is 0 Å². The smallest absolute Gasteiger partial charge is 0.252 e. The number of benzene rings is 5. The van der Waals surface area contributed by atoms with Crippen molar-refractivity contribution < 1.29 is 0 Å². The molecule has 0 fully saturated rings. The molecule has 0 bridgehead atoms. The third kappa shape index (κ3) is 2.66. The Morgan fingerprint density at radius 2 is 0.927 bits per heavy atom. The van der Waals surface area contributed by atoms with Gasteiger partial charge in [0.15, 0.2) is 0 Å². The van der Waals surface area contributed by atoms with Crippen LogP contribution in [0.2, 0.25) is 0 Å². The number of hydrogen-bond donors (Lipinski definition) is 0. The maximum atomic E-state index is 2.60. The molecule has 0 saturated carbocycles. The fraction of sp³-hybridized carbons (Fsp3) is 0.211. The summed E-state index contributed by atoms with van der Waals surface area (Å²) < 4.78 is 0. The van der Waals surface area contributed by atoms with E-state index in [1.54, 1.807) is 0 Å². The fourth-order valence-corrected chi connectivity index (χ4v) is 8.51. The molecule has 2 nitrogen and oxygen atoms in total. The number of hydrogen-bond acceptors (Lipinski definition) is 2. The van der Waals surface area contributed by atoms with Crippen molar-refractivity contribution >= 4 is 57.2 Å². The first-order valence-electron chi connectivity index (χ1n) is 14.9. The lowest BCUT2D eigenvalue weighted by Crippen LogP contribution is -2.63.